The number of esters is 3. The first-order valence-electron chi connectivity index (χ1n) is 10.7. The molecule has 29 heavy (non-hydrogen) atoms. The molecule has 8 nitrogen and oxygen atoms in total. The summed E-state index contributed by atoms with van der Waals surface area (Å²) in [6.07, 6.45) is -0.896. The summed E-state index contributed by atoms with van der Waals surface area (Å²) in [6, 6.07) is 0. The Balaban J connectivity index is 3.15. The summed E-state index contributed by atoms with van der Waals surface area (Å²) in [6.45, 7) is 9.55. The zero-order valence-corrected chi connectivity index (χ0v) is 18.3. The van der Waals surface area contributed by atoms with Crippen LogP contribution in [0.3, 0.4) is 0 Å². The van der Waals surface area contributed by atoms with E-state index in [1.165, 1.54) is 0 Å². The first-order chi connectivity index (χ1) is 13.9. The van der Waals surface area contributed by atoms with E-state index in [1.54, 1.807) is 13.8 Å². The number of unbranched alkanes of at least 4 members (excludes halogenated alkanes) is 1. The Bertz CT molecular complexity index is 521. The molecule has 8 heteroatoms. The molecule has 0 aromatic carbocycles. The highest BCUT2D eigenvalue weighted by molar-refractivity contribution is 5.71. The van der Waals surface area contributed by atoms with Crippen LogP contribution in [0.1, 0.15) is 79.6 Å². The molecule has 0 radical (unpaired) electrons. The van der Waals surface area contributed by atoms with Gasteiger partial charge in [0.2, 0.25) is 0 Å². The van der Waals surface area contributed by atoms with Gasteiger partial charge in [-0.1, -0.05) is 34.1 Å². The predicted molar refractivity (Wildman–Crippen MR) is 105 cm³/mol. The Hall–Kier alpha value is -1.67. The average molecular weight is 417 g/mol. The van der Waals surface area contributed by atoms with Gasteiger partial charge >= 0.3 is 17.9 Å². The minimum atomic E-state index is -1.02. The van der Waals surface area contributed by atoms with Crippen molar-refractivity contribution in [3.05, 3.63) is 0 Å². The maximum Gasteiger partial charge on any atom is 0.306 e. The molecule has 0 aliphatic carbocycles. The summed E-state index contributed by atoms with van der Waals surface area (Å²) in [4.78, 5) is 36.4. The summed E-state index contributed by atoms with van der Waals surface area (Å²) in [5, 5.41) is 0. The molecule has 1 rings (SSSR count). The first-order valence-corrected chi connectivity index (χ1v) is 10.7. The van der Waals surface area contributed by atoms with E-state index in [0.717, 1.165) is 12.8 Å². The minimum absolute atomic E-state index is 0.162. The van der Waals surface area contributed by atoms with Crippen molar-refractivity contribution in [1.29, 1.82) is 0 Å². The molecule has 1 fully saturated rings. The molecular formula is C21H36O8. The lowest BCUT2D eigenvalue weighted by molar-refractivity contribution is -0.301. The molecule has 1 aliphatic rings. The lowest BCUT2D eigenvalue weighted by Gasteiger charge is -2.43. The zero-order valence-electron chi connectivity index (χ0n) is 18.3. The fraction of sp³-hybridized carbons (Fsp3) is 0.857. The second kappa shape index (κ2) is 13.5. The van der Waals surface area contributed by atoms with Gasteiger partial charge in [0.15, 0.2) is 24.6 Å². The lowest BCUT2D eigenvalue weighted by Crippen LogP contribution is -2.61. The molecule has 0 saturated carbocycles. The lowest BCUT2D eigenvalue weighted by atomic mass is 9.98. The largest absolute Gasteiger partial charge is 0.455 e. The monoisotopic (exact) mass is 416 g/mol. The first kappa shape index (κ1) is 25.4. The molecule has 0 aromatic rings. The van der Waals surface area contributed by atoms with Crippen LogP contribution in [-0.2, 0) is 38.1 Å². The van der Waals surface area contributed by atoms with E-state index in [4.69, 9.17) is 23.7 Å². The summed E-state index contributed by atoms with van der Waals surface area (Å²) in [7, 11) is 0. The van der Waals surface area contributed by atoms with Crippen molar-refractivity contribution in [2.45, 2.75) is 110 Å². The van der Waals surface area contributed by atoms with Gasteiger partial charge in [-0.15, -0.1) is 0 Å². The van der Waals surface area contributed by atoms with E-state index in [1.807, 2.05) is 20.8 Å². The van der Waals surface area contributed by atoms with Crippen molar-refractivity contribution in [2.75, 3.05) is 6.61 Å². The van der Waals surface area contributed by atoms with E-state index in [0.29, 0.717) is 19.4 Å². The molecule has 1 heterocycles. The Morgan fingerprint density at radius 2 is 1.31 bits per heavy atom. The van der Waals surface area contributed by atoms with Gasteiger partial charge in [-0.05, 0) is 26.2 Å². The molecule has 0 unspecified atom stereocenters. The molecular weight excluding hydrogens is 380 g/mol. The Morgan fingerprint density at radius 3 is 1.83 bits per heavy atom. The summed E-state index contributed by atoms with van der Waals surface area (Å²) < 4.78 is 28.4. The SMILES string of the molecule is CCCCO[C@H]1O[C@@H](C)[C@H](OC(=O)CC)[C@@H](OC(=O)CCC)[C@H]1OC(=O)CCC. The molecule has 0 N–H and O–H groups in total. The molecule has 1 aliphatic heterocycles. The summed E-state index contributed by atoms with van der Waals surface area (Å²) in [5.74, 6) is -1.35. The van der Waals surface area contributed by atoms with Crippen molar-refractivity contribution in [1.82, 2.24) is 0 Å². The Morgan fingerprint density at radius 1 is 0.759 bits per heavy atom. The fourth-order valence-corrected chi connectivity index (χ4v) is 2.94. The predicted octanol–water partition coefficient (Wildman–Crippen LogP) is 3.29. The second-order valence-corrected chi connectivity index (χ2v) is 7.15. The quantitative estimate of drug-likeness (QED) is 0.272. The molecule has 0 bridgehead atoms. The topological polar surface area (TPSA) is 97.4 Å². The van der Waals surface area contributed by atoms with Crippen LogP contribution < -0.4 is 0 Å². The van der Waals surface area contributed by atoms with Gasteiger partial charge in [0, 0.05) is 25.9 Å². The molecule has 1 saturated heterocycles. The number of hydrogen-bond donors (Lipinski definition) is 0. The maximum absolute atomic E-state index is 12.3. The van der Waals surface area contributed by atoms with Crippen molar-refractivity contribution in [2.24, 2.45) is 0 Å². The van der Waals surface area contributed by atoms with E-state index >= 15 is 0 Å². The smallest absolute Gasteiger partial charge is 0.306 e. The third-order valence-electron chi connectivity index (χ3n) is 4.51. The van der Waals surface area contributed by atoms with Crippen molar-refractivity contribution in [3.63, 3.8) is 0 Å². The maximum atomic E-state index is 12.3. The zero-order chi connectivity index (χ0) is 21.8. The van der Waals surface area contributed by atoms with Gasteiger partial charge in [-0.3, -0.25) is 14.4 Å². The van der Waals surface area contributed by atoms with E-state index in [2.05, 4.69) is 0 Å². The van der Waals surface area contributed by atoms with Gasteiger partial charge in [0.25, 0.3) is 0 Å². The molecule has 5 atom stereocenters. The number of hydrogen-bond acceptors (Lipinski definition) is 8. The molecule has 0 spiro atoms. The average Bonchev–Trinajstić information content (AvgIpc) is 2.67. The minimum Gasteiger partial charge on any atom is -0.455 e. The van der Waals surface area contributed by atoms with E-state index in [-0.39, 0.29) is 19.3 Å². The highest BCUT2D eigenvalue weighted by Crippen LogP contribution is 2.30. The van der Waals surface area contributed by atoms with Crippen LogP contribution in [0.5, 0.6) is 0 Å². The normalized spacial score (nSPS) is 26.6. The van der Waals surface area contributed by atoms with Gasteiger partial charge in [-0.25, -0.2) is 0 Å². The van der Waals surface area contributed by atoms with Crippen LogP contribution in [0.15, 0.2) is 0 Å². The van der Waals surface area contributed by atoms with Gasteiger partial charge in [-0.2, -0.15) is 0 Å². The van der Waals surface area contributed by atoms with Crippen LogP contribution >= 0.6 is 0 Å². The van der Waals surface area contributed by atoms with Crippen molar-refractivity contribution < 1.29 is 38.1 Å². The second-order valence-electron chi connectivity index (χ2n) is 7.15. The summed E-state index contributed by atoms with van der Waals surface area (Å²) in [5.41, 5.74) is 0. The van der Waals surface area contributed by atoms with Gasteiger partial charge in [0.05, 0.1) is 6.10 Å². The standard InChI is InChI=1S/C21H36O8/c1-6-10-13-25-21-20(29-17(24)12-8-3)19(28-16(23)11-7-2)18(14(5)26-21)27-15(22)9-4/h14,18-21H,6-13H2,1-5H3/t14-,18-,19+,20+,21-/m0/s1. The van der Waals surface area contributed by atoms with Crippen LogP contribution in [0, 0.1) is 0 Å². The molecule has 0 aromatic heterocycles. The number of rotatable bonds is 12. The van der Waals surface area contributed by atoms with Crippen LogP contribution in [0.4, 0.5) is 0 Å². The van der Waals surface area contributed by atoms with Crippen LogP contribution in [0.2, 0.25) is 0 Å². The number of ether oxygens (including phenoxy) is 5. The van der Waals surface area contributed by atoms with Crippen molar-refractivity contribution >= 4 is 17.9 Å². The Kier molecular flexibility index (Phi) is 11.8. The number of carbonyl (C=O) groups excluding carboxylic acids is 3. The van der Waals surface area contributed by atoms with Crippen LogP contribution in [0.25, 0.3) is 0 Å². The number of carbonyl (C=O) groups is 3. The third kappa shape index (κ3) is 8.30. The van der Waals surface area contributed by atoms with Crippen LogP contribution in [-0.4, -0.2) is 55.2 Å². The van der Waals surface area contributed by atoms with E-state index < -0.39 is 48.6 Å². The van der Waals surface area contributed by atoms with Gasteiger partial charge < -0.3 is 23.7 Å². The fourth-order valence-electron chi connectivity index (χ4n) is 2.94. The molecule has 0 amide bonds. The summed E-state index contributed by atoms with van der Waals surface area (Å²) >= 11 is 0. The highest BCUT2D eigenvalue weighted by atomic mass is 16.7. The Labute approximate surface area is 173 Å². The van der Waals surface area contributed by atoms with Gasteiger partial charge in [0.1, 0.15) is 0 Å². The highest BCUT2D eigenvalue weighted by Gasteiger charge is 2.51. The molecule has 168 valence electrons. The van der Waals surface area contributed by atoms with Crippen molar-refractivity contribution in [3.8, 4) is 0 Å². The van der Waals surface area contributed by atoms with E-state index in [9.17, 15) is 14.4 Å². The third-order valence-corrected chi connectivity index (χ3v) is 4.51.